The van der Waals surface area contributed by atoms with Gasteiger partial charge in [-0.1, -0.05) is 34.8 Å². The molecule has 2 aromatic carbocycles. The highest BCUT2D eigenvalue weighted by Crippen LogP contribution is 2.29. The highest BCUT2D eigenvalue weighted by molar-refractivity contribution is 6.45. The van der Waals surface area contributed by atoms with E-state index < -0.39 is 17.4 Å². The molecular formula is C18H10Cl3FN4O2. The molecule has 0 atom stereocenters. The van der Waals surface area contributed by atoms with E-state index in [4.69, 9.17) is 34.8 Å². The monoisotopic (exact) mass is 438 g/mol. The van der Waals surface area contributed by atoms with Gasteiger partial charge in [-0.25, -0.2) is 14.6 Å². The van der Waals surface area contributed by atoms with Crippen LogP contribution in [0.1, 0.15) is 16.1 Å². The third kappa shape index (κ3) is 4.56. The van der Waals surface area contributed by atoms with Crippen LogP contribution in [0.2, 0.25) is 15.1 Å². The summed E-state index contributed by atoms with van der Waals surface area (Å²) in [6, 6.07) is 9.75. The minimum absolute atomic E-state index is 0.0836. The standard InChI is InChI=1S/C18H10Cl3FN4O2/c19-12-5-6-13(20)16(21)11(12)8-23-26-17(27)15-7-14(24-18(28)25-15)9-1-3-10(22)4-2-9/h1-8H,(H,26,27)(H,24,25,28)/b23-8+. The van der Waals surface area contributed by atoms with Crippen LogP contribution in [0.3, 0.4) is 0 Å². The zero-order valence-corrected chi connectivity index (χ0v) is 16.1. The molecule has 3 rings (SSSR count). The van der Waals surface area contributed by atoms with Gasteiger partial charge in [-0.15, -0.1) is 0 Å². The highest BCUT2D eigenvalue weighted by Gasteiger charge is 2.11. The van der Waals surface area contributed by atoms with Crippen LogP contribution in [0.25, 0.3) is 11.3 Å². The first kappa shape index (κ1) is 20.0. The predicted octanol–water partition coefficient (Wildman–Crippen LogP) is 4.30. The van der Waals surface area contributed by atoms with Crippen molar-refractivity contribution in [2.24, 2.45) is 5.10 Å². The molecule has 1 amide bonds. The van der Waals surface area contributed by atoms with E-state index in [1.165, 1.54) is 48.7 Å². The lowest BCUT2D eigenvalue weighted by atomic mass is 10.1. The maximum absolute atomic E-state index is 13.1. The topological polar surface area (TPSA) is 87.2 Å². The van der Waals surface area contributed by atoms with Gasteiger partial charge in [-0.3, -0.25) is 4.79 Å². The van der Waals surface area contributed by atoms with Crippen LogP contribution in [-0.4, -0.2) is 22.1 Å². The summed E-state index contributed by atoms with van der Waals surface area (Å²) in [5, 5.41) is 4.54. The van der Waals surface area contributed by atoms with E-state index in [0.717, 1.165) is 0 Å². The summed E-state index contributed by atoms with van der Waals surface area (Å²) in [6.07, 6.45) is 1.23. The number of H-pyrrole nitrogens is 1. The van der Waals surface area contributed by atoms with E-state index >= 15 is 0 Å². The lowest BCUT2D eigenvalue weighted by Crippen LogP contribution is -2.24. The predicted molar refractivity (Wildman–Crippen MR) is 107 cm³/mol. The molecule has 1 aromatic heterocycles. The van der Waals surface area contributed by atoms with Crippen molar-refractivity contribution in [3.05, 3.63) is 85.1 Å². The Hall–Kier alpha value is -2.74. The molecule has 0 aliphatic heterocycles. The molecule has 142 valence electrons. The molecule has 2 N–H and O–H groups in total. The molecule has 28 heavy (non-hydrogen) atoms. The first-order valence-corrected chi connectivity index (χ1v) is 8.83. The van der Waals surface area contributed by atoms with E-state index in [1.54, 1.807) is 0 Å². The van der Waals surface area contributed by atoms with Crippen LogP contribution in [-0.2, 0) is 0 Å². The van der Waals surface area contributed by atoms with Gasteiger partial charge in [0.05, 0.1) is 27.0 Å². The van der Waals surface area contributed by atoms with Crippen LogP contribution in [0.4, 0.5) is 4.39 Å². The number of aromatic amines is 1. The molecule has 0 spiro atoms. The second kappa shape index (κ2) is 8.52. The Kier molecular flexibility index (Phi) is 6.08. The normalized spacial score (nSPS) is 11.0. The summed E-state index contributed by atoms with van der Waals surface area (Å²) < 4.78 is 13.1. The van der Waals surface area contributed by atoms with Crippen molar-refractivity contribution in [1.29, 1.82) is 0 Å². The zero-order chi connectivity index (χ0) is 20.3. The minimum atomic E-state index is -0.739. The number of aromatic nitrogens is 2. The molecule has 0 fully saturated rings. The molecule has 0 bridgehead atoms. The van der Waals surface area contributed by atoms with Gasteiger partial charge in [0, 0.05) is 11.1 Å². The number of carbonyl (C=O) groups excluding carboxylic acids is 1. The molecular weight excluding hydrogens is 430 g/mol. The van der Waals surface area contributed by atoms with E-state index in [2.05, 4.69) is 20.5 Å². The van der Waals surface area contributed by atoms with Crippen LogP contribution < -0.4 is 11.1 Å². The van der Waals surface area contributed by atoms with Gasteiger partial charge < -0.3 is 4.98 Å². The summed E-state index contributed by atoms with van der Waals surface area (Å²) in [6.45, 7) is 0. The van der Waals surface area contributed by atoms with Crippen molar-refractivity contribution in [2.45, 2.75) is 0 Å². The Balaban J connectivity index is 1.83. The van der Waals surface area contributed by atoms with E-state index in [0.29, 0.717) is 16.1 Å². The molecule has 0 aliphatic rings. The molecule has 3 aromatic rings. The van der Waals surface area contributed by atoms with Crippen molar-refractivity contribution in [3.63, 3.8) is 0 Å². The van der Waals surface area contributed by atoms with Crippen LogP contribution in [0, 0.1) is 5.82 Å². The first-order chi connectivity index (χ1) is 13.3. The summed E-state index contributed by atoms with van der Waals surface area (Å²) in [5.41, 5.74) is 2.43. The SMILES string of the molecule is O=C(N/N=C/c1c(Cl)ccc(Cl)c1Cl)c1cc(-c2ccc(F)cc2)nc(=O)[nH]1. The van der Waals surface area contributed by atoms with E-state index in [1.807, 2.05) is 0 Å². The van der Waals surface area contributed by atoms with E-state index in [9.17, 15) is 14.0 Å². The van der Waals surface area contributed by atoms with Crippen LogP contribution >= 0.6 is 34.8 Å². The largest absolute Gasteiger partial charge is 0.346 e. The second-order valence-corrected chi connectivity index (χ2v) is 6.64. The Morgan fingerprint density at radius 2 is 1.79 bits per heavy atom. The van der Waals surface area contributed by atoms with Crippen molar-refractivity contribution < 1.29 is 9.18 Å². The Morgan fingerprint density at radius 3 is 2.50 bits per heavy atom. The number of rotatable bonds is 4. The van der Waals surface area contributed by atoms with Gasteiger partial charge in [0.1, 0.15) is 11.5 Å². The van der Waals surface area contributed by atoms with Crippen molar-refractivity contribution in [2.75, 3.05) is 0 Å². The van der Waals surface area contributed by atoms with Crippen molar-refractivity contribution in [1.82, 2.24) is 15.4 Å². The lowest BCUT2D eigenvalue weighted by Gasteiger charge is -2.05. The number of halogens is 4. The fourth-order valence-electron chi connectivity index (χ4n) is 2.23. The summed E-state index contributed by atoms with van der Waals surface area (Å²) >= 11 is 18.0. The number of nitrogens with one attached hydrogen (secondary N) is 2. The zero-order valence-electron chi connectivity index (χ0n) is 13.8. The molecule has 0 aliphatic carbocycles. The lowest BCUT2D eigenvalue weighted by molar-refractivity contribution is 0.0949. The highest BCUT2D eigenvalue weighted by atomic mass is 35.5. The fraction of sp³-hybridized carbons (Fsp3) is 0. The van der Waals surface area contributed by atoms with Crippen LogP contribution in [0.5, 0.6) is 0 Å². The number of hydrazone groups is 1. The third-order valence-corrected chi connectivity index (χ3v) is 4.72. The summed E-state index contributed by atoms with van der Waals surface area (Å²) in [7, 11) is 0. The number of hydrogen-bond donors (Lipinski definition) is 2. The van der Waals surface area contributed by atoms with Crippen molar-refractivity contribution >= 4 is 46.9 Å². The number of amides is 1. The molecule has 0 saturated carbocycles. The summed E-state index contributed by atoms with van der Waals surface area (Å²) in [5.74, 6) is -1.13. The van der Waals surface area contributed by atoms with Gasteiger partial charge in [0.2, 0.25) is 0 Å². The summed E-state index contributed by atoms with van der Waals surface area (Å²) in [4.78, 5) is 30.1. The van der Waals surface area contributed by atoms with Gasteiger partial charge in [-0.2, -0.15) is 10.1 Å². The molecule has 0 unspecified atom stereocenters. The Bertz CT molecular complexity index is 1130. The Morgan fingerprint density at radius 1 is 1.11 bits per heavy atom. The smallest absolute Gasteiger partial charge is 0.301 e. The fourth-order valence-corrected chi connectivity index (χ4v) is 2.86. The van der Waals surface area contributed by atoms with Gasteiger partial charge in [0.25, 0.3) is 5.91 Å². The Labute approximate surface area is 173 Å². The number of nitrogens with zero attached hydrogens (tertiary/aromatic N) is 2. The number of hydrogen-bond acceptors (Lipinski definition) is 4. The number of benzene rings is 2. The minimum Gasteiger partial charge on any atom is -0.301 e. The third-order valence-electron chi connectivity index (χ3n) is 3.57. The van der Waals surface area contributed by atoms with Gasteiger partial charge in [-0.05, 0) is 42.5 Å². The maximum Gasteiger partial charge on any atom is 0.346 e. The maximum atomic E-state index is 13.1. The molecule has 1 heterocycles. The van der Waals surface area contributed by atoms with Crippen LogP contribution in [0.15, 0.2) is 52.4 Å². The second-order valence-electron chi connectivity index (χ2n) is 5.45. The average Bonchev–Trinajstić information content (AvgIpc) is 2.67. The quantitative estimate of drug-likeness (QED) is 0.361. The molecule has 10 heteroatoms. The van der Waals surface area contributed by atoms with Crippen molar-refractivity contribution in [3.8, 4) is 11.3 Å². The first-order valence-electron chi connectivity index (χ1n) is 7.69. The van der Waals surface area contributed by atoms with Gasteiger partial charge >= 0.3 is 5.69 Å². The van der Waals surface area contributed by atoms with E-state index in [-0.39, 0.29) is 21.4 Å². The molecule has 0 saturated heterocycles. The average molecular weight is 440 g/mol. The molecule has 0 radical (unpaired) electrons. The molecule has 6 nitrogen and oxygen atoms in total. The van der Waals surface area contributed by atoms with Gasteiger partial charge in [0.15, 0.2) is 0 Å². The number of carbonyl (C=O) groups is 1.